The molecule has 2 unspecified atom stereocenters. The van der Waals surface area contributed by atoms with Gasteiger partial charge in [0, 0.05) is 35.1 Å². The minimum absolute atomic E-state index is 0.0121. The zero-order valence-corrected chi connectivity index (χ0v) is 19.4. The molecule has 2 atom stereocenters. The summed E-state index contributed by atoms with van der Waals surface area (Å²) in [6.07, 6.45) is 0.0728. The van der Waals surface area contributed by atoms with Crippen molar-refractivity contribution in [1.82, 2.24) is 15.0 Å². The van der Waals surface area contributed by atoms with E-state index in [1.807, 2.05) is 0 Å². The number of hydrogen-bond donors (Lipinski definition) is 1. The first-order valence-corrected chi connectivity index (χ1v) is 11.1. The molecule has 7 nitrogen and oxygen atoms in total. The van der Waals surface area contributed by atoms with Crippen molar-refractivity contribution in [3.8, 4) is 0 Å². The first-order chi connectivity index (χ1) is 16.8. The Morgan fingerprint density at radius 1 is 1.17 bits per heavy atom. The molecule has 0 aromatic heterocycles. The topological polar surface area (TPSA) is 86.8 Å². The first-order valence-electron chi connectivity index (χ1n) is 10.7. The number of fused-ring (bicyclic) bond motifs is 1. The van der Waals surface area contributed by atoms with E-state index in [1.165, 1.54) is 18.2 Å². The Labute approximate surface area is 215 Å². The van der Waals surface area contributed by atoms with Crippen molar-refractivity contribution < 1.29 is 28.0 Å². The molecule has 0 bridgehead atoms. The van der Waals surface area contributed by atoms with E-state index in [4.69, 9.17) is 43.1 Å². The summed E-state index contributed by atoms with van der Waals surface area (Å²) >= 11 is 5.72. The number of amides is 4. The molecule has 2 aliphatic rings. The summed E-state index contributed by atoms with van der Waals surface area (Å²) in [4.78, 5) is 50.8. The molecule has 2 heterocycles. The summed E-state index contributed by atoms with van der Waals surface area (Å²) in [5, 5.41) is 2.37. The third-order valence-corrected chi connectivity index (χ3v) is 6.47. The van der Waals surface area contributed by atoms with Gasteiger partial charge >= 0.3 is 5.92 Å². The van der Waals surface area contributed by atoms with E-state index >= 15 is 0 Å². The lowest BCUT2D eigenvalue weighted by Crippen LogP contribution is -2.53. The summed E-state index contributed by atoms with van der Waals surface area (Å²) < 4.78 is 29.5. The Bertz CT molecular complexity index is 1300. The third-order valence-electron chi connectivity index (χ3n) is 6.21. The van der Waals surface area contributed by atoms with Crippen LogP contribution in [-0.4, -0.2) is 70.9 Å². The van der Waals surface area contributed by atoms with Gasteiger partial charge in [-0.15, -0.1) is 0 Å². The quantitative estimate of drug-likeness (QED) is 0.445. The number of carbonyl (C=O) groups is 4. The van der Waals surface area contributed by atoms with Gasteiger partial charge in [-0.1, -0.05) is 40.7 Å². The van der Waals surface area contributed by atoms with Crippen molar-refractivity contribution in [2.75, 3.05) is 0 Å². The lowest BCUT2D eigenvalue weighted by molar-refractivity contribution is -0.154. The van der Waals surface area contributed by atoms with E-state index in [0.717, 1.165) is 17.0 Å². The molecule has 4 rings (SSSR count). The highest BCUT2D eigenvalue weighted by molar-refractivity contribution is 6.52. The van der Waals surface area contributed by atoms with Gasteiger partial charge in [0.1, 0.15) is 29.6 Å². The van der Waals surface area contributed by atoms with E-state index in [-0.39, 0.29) is 50.3 Å². The standard InChI is InChI=1S/C22H14B4ClF2N3O4/c23-16-9(8-31(26)21(36)22(28,29)10-1-3-11(27)4-2-10)7-12-15(17(16)24)20(35)32(18(12)25)13-5-6-14(33)30-19(13)34/h1-4,7,13,18H,5-6,8H2,(H,30,33,34). The molecule has 1 fully saturated rings. The second-order valence-corrected chi connectivity index (χ2v) is 8.90. The molecule has 4 amide bonds. The lowest BCUT2D eigenvalue weighted by Gasteiger charge is -2.33. The predicted octanol–water partition coefficient (Wildman–Crippen LogP) is -0.440. The van der Waals surface area contributed by atoms with Gasteiger partial charge in [-0.3, -0.25) is 24.5 Å². The molecule has 1 saturated heterocycles. The number of carbonyl (C=O) groups excluding carboxylic acids is 4. The Morgan fingerprint density at radius 3 is 2.42 bits per heavy atom. The van der Waals surface area contributed by atoms with Crippen LogP contribution < -0.4 is 16.2 Å². The van der Waals surface area contributed by atoms with Gasteiger partial charge in [-0.05, 0) is 29.7 Å². The van der Waals surface area contributed by atoms with Crippen LogP contribution in [0.4, 0.5) is 8.78 Å². The second kappa shape index (κ2) is 9.42. The Balaban J connectivity index is 1.61. The average molecular weight is 501 g/mol. The van der Waals surface area contributed by atoms with Gasteiger partial charge in [0.2, 0.25) is 19.8 Å². The maximum absolute atomic E-state index is 14.8. The predicted molar refractivity (Wildman–Crippen MR) is 130 cm³/mol. The van der Waals surface area contributed by atoms with Crippen LogP contribution in [-0.2, 0) is 26.9 Å². The fourth-order valence-electron chi connectivity index (χ4n) is 4.31. The molecule has 2 aliphatic heterocycles. The maximum atomic E-state index is 14.8. The summed E-state index contributed by atoms with van der Waals surface area (Å²) in [5.74, 6) is -8.64. The molecule has 174 valence electrons. The molecule has 8 radical (unpaired) electrons. The van der Waals surface area contributed by atoms with Crippen LogP contribution in [0.3, 0.4) is 0 Å². The zero-order valence-electron chi connectivity index (χ0n) is 18.6. The van der Waals surface area contributed by atoms with Gasteiger partial charge in [0.15, 0.2) is 0 Å². The molecule has 2 aromatic rings. The fraction of sp³-hybridized carbons (Fsp3) is 0.273. The minimum Gasteiger partial charge on any atom is -0.387 e. The number of nitrogens with zero attached hydrogens (tertiary/aromatic N) is 2. The molecule has 14 heteroatoms. The number of hydrogen-bond acceptors (Lipinski definition) is 4. The molecule has 36 heavy (non-hydrogen) atoms. The highest BCUT2D eigenvalue weighted by Crippen LogP contribution is 2.35. The Kier molecular flexibility index (Phi) is 6.81. The number of halogens is 3. The fourth-order valence-corrected chi connectivity index (χ4v) is 4.44. The van der Waals surface area contributed by atoms with Crippen LogP contribution in [0.15, 0.2) is 30.3 Å². The van der Waals surface area contributed by atoms with Gasteiger partial charge in [0.05, 0.1) is 0 Å². The second-order valence-electron chi connectivity index (χ2n) is 8.47. The Morgan fingerprint density at radius 2 is 1.81 bits per heavy atom. The smallest absolute Gasteiger partial charge is 0.348 e. The first kappa shape index (κ1) is 26.0. The van der Waals surface area contributed by atoms with Gasteiger partial charge in [-0.2, -0.15) is 8.78 Å². The molecule has 0 aliphatic carbocycles. The van der Waals surface area contributed by atoms with Crippen LogP contribution in [0.2, 0.25) is 5.02 Å². The van der Waals surface area contributed by atoms with Crippen LogP contribution in [0, 0.1) is 0 Å². The van der Waals surface area contributed by atoms with Crippen molar-refractivity contribution in [2.24, 2.45) is 0 Å². The Hall–Kier alpha value is -3.07. The van der Waals surface area contributed by atoms with E-state index in [2.05, 4.69) is 5.32 Å². The molecule has 2 aromatic carbocycles. The lowest BCUT2D eigenvalue weighted by atomic mass is 9.72. The van der Waals surface area contributed by atoms with E-state index in [1.54, 1.807) is 0 Å². The number of nitrogens with one attached hydrogen (secondary N) is 1. The highest BCUT2D eigenvalue weighted by atomic mass is 35.5. The minimum atomic E-state index is -3.97. The van der Waals surface area contributed by atoms with Crippen LogP contribution >= 0.6 is 11.6 Å². The third kappa shape index (κ3) is 4.34. The molecule has 0 saturated carbocycles. The van der Waals surface area contributed by atoms with E-state index in [9.17, 15) is 28.0 Å². The van der Waals surface area contributed by atoms with Gasteiger partial charge in [-0.25, -0.2) is 0 Å². The van der Waals surface area contributed by atoms with Crippen molar-refractivity contribution in [1.29, 1.82) is 0 Å². The molecule has 1 N–H and O–H groups in total. The van der Waals surface area contributed by atoms with Crippen molar-refractivity contribution in [3.05, 3.63) is 57.6 Å². The number of rotatable bonds is 5. The van der Waals surface area contributed by atoms with Gasteiger partial charge in [0.25, 0.3) is 11.8 Å². The monoisotopic (exact) mass is 501 g/mol. The SMILES string of the molecule is [B]c1c(CN([B])C(=O)C(F)(F)c2ccc(Cl)cc2)cc2c(c1[B])C(=O)N(C1CCC(=O)NC1=O)C2[B]. The number of imide groups is 1. The average Bonchev–Trinajstić information content (AvgIpc) is 3.06. The zero-order chi connectivity index (χ0) is 26.5. The normalized spacial score (nSPS) is 19.8. The summed E-state index contributed by atoms with van der Waals surface area (Å²) in [6, 6.07) is 4.75. The van der Waals surface area contributed by atoms with Crippen LogP contribution in [0.1, 0.15) is 45.8 Å². The summed E-state index contributed by atoms with van der Waals surface area (Å²) in [6.45, 7) is -0.579. The summed E-state index contributed by atoms with van der Waals surface area (Å²) in [7, 11) is 24.1. The maximum Gasteiger partial charge on any atom is 0.348 e. The van der Waals surface area contributed by atoms with Crippen molar-refractivity contribution in [2.45, 2.75) is 37.3 Å². The highest BCUT2D eigenvalue weighted by Gasteiger charge is 2.45. The van der Waals surface area contributed by atoms with Crippen LogP contribution in [0.25, 0.3) is 0 Å². The number of piperidine rings is 1. The van der Waals surface area contributed by atoms with Gasteiger partial charge < -0.3 is 9.71 Å². The number of benzene rings is 2. The molecular weight excluding hydrogens is 487 g/mol. The summed E-state index contributed by atoms with van der Waals surface area (Å²) in [5.41, 5.74) is -0.754. The largest absolute Gasteiger partial charge is 0.387 e. The van der Waals surface area contributed by atoms with Crippen molar-refractivity contribution in [3.63, 3.8) is 0 Å². The van der Waals surface area contributed by atoms with E-state index < -0.39 is 53.6 Å². The van der Waals surface area contributed by atoms with Crippen LogP contribution in [0.5, 0.6) is 0 Å². The van der Waals surface area contributed by atoms with Crippen molar-refractivity contribution >= 4 is 77.7 Å². The molecular formula is C22H14B4ClF2N3O4. The van der Waals surface area contributed by atoms with E-state index in [0.29, 0.717) is 0 Å². The number of alkyl halides is 2. The molecule has 0 spiro atoms.